The molecule has 2 heteroatoms. The van der Waals surface area contributed by atoms with Gasteiger partial charge in [-0.3, -0.25) is 0 Å². The van der Waals surface area contributed by atoms with Crippen LogP contribution < -0.4 is 10.5 Å². The lowest BCUT2D eigenvalue weighted by atomic mass is 10.2. The van der Waals surface area contributed by atoms with Crippen LogP contribution in [0.15, 0.2) is 24.3 Å². The topological polar surface area (TPSA) is 12.0 Å². The molecule has 0 radical (unpaired) electrons. The number of hydrogen-bond donors (Lipinski definition) is 1. The lowest BCUT2D eigenvalue weighted by molar-refractivity contribution is 0.518. The van der Waals surface area contributed by atoms with Crippen LogP contribution in [0.5, 0.6) is 0 Å². The summed E-state index contributed by atoms with van der Waals surface area (Å²) in [6.07, 6.45) is 1.18. The molecule has 0 aliphatic heterocycles. The van der Waals surface area contributed by atoms with E-state index in [0.29, 0.717) is 12.1 Å². The number of hydrogen-bond acceptors (Lipinski definition) is 1. The molecule has 92 valence electrons. The Balaban J connectivity index is 0.000000293. The smallest absolute Gasteiger partial charge is 0.0388 e. The zero-order chi connectivity index (χ0) is 12.6. The summed E-state index contributed by atoms with van der Waals surface area (Å²) in [5.74, 6) is 0. The van der Waals surface area contributed by atoms with Gasteiger partial charge in [0.1, 0.15) is 0 Å². The van der Waals surface area contributed by atoms with Crippen LogP contribution in [0.4, 0.5) is 0 Å². The summed E-state index contributed by atoms with van der Waals surface area (Å²) in [5, 5.41) is 4.85. The van der Waals surface area contributed by atoms with Gasteiger partial charge in [-0.1, -0.05) is 69.6 Å². The fourth-order valence-corrected chi connectivity index (χ4v) is 2.39. The Labute approximate surface area is 104 Å². The molecule has 0 saturated heterocycles. The van der Waals surface area contributed by atoms with Gasteiger partial charge in [-0.15, -0.1) is 0 Å². The molecule has 1 N–H and O–H groups in total. The summed E-state index contributed by atoms with van der Waals surface area (Å²) < 4.78 is 0. The molecule has 0 saturated carbocycles. The minimum absolute atomic E-state index is 0.625. The van der Waals surface area contributed by atoms with Crippen molar-refractivity contribution in [2.75, 3.05) is 0 Å². The summed E-state index contributed by atoms with van der Waals surface area (Å²) in [5.41, 5.74) is 1.52. The van der Waals surface area contributed by atoms with Gasteiger partial charge in [-0.25, -0.2) is 0 Å². The van der Waals surface area contributed by atoms with E-state index in [0.717, 1.165) is 0 Å². The predicted octanol–water partition coefficient (Wildman–Crippen LogP) is 1.63. The maximum absolute atomic E-state index is 3.31. The van der Waals surface area contributed by atoms with Crippen molar-refractivity contribution in [3.05, 3.63) is 29.8 Å². The highest BCUT2D eigenvalue weighted by molar-refractivity contribution is 6.33. The molecule has 0 heterocycles. The van der Waals surface area contributed by atoms with E-state index < -0.39 is 0 Å². The highest BCUT2D eigenvalue weighted by Gasteiger charge is 1.92. The normalized spacial score (nSPS) is 10.4. The van der Waals surface area contributed by atoms with E-state index >= 15 is 0 Å². The molecule has 0 atom stereocenters. The van der Waals surface area contributed by atoms with Gasteiger partial charge in [-0.2, -0.15) is 0 Å². The van der Waals surface area contributed by atoms with Gasteiger partial charge in [0.25, 0.3) is 0 Å². The fraction of sp³-hybridized carbons (Fsp3) is 0.571. The maximum atomic E-state index is 3.31. The van der Waals surface area contributed by atoms with Gasteiger partial charge < -0.3 is 5.32 Å². The molecule has 1 aromatic rings. The summed E-state index contributed by atoms with van der Waals surface area (Å²) in [6, 6.07) is 9.90. The SMILES string of the molecule is CC(C)NC(C)C.CCc1ccccc1[SiH3]. The first-order chi connectivity index (χ1) is 7.47. The van der Waals surface area contributed by atoms with E-state index in [1.54, 1.807) is 5.19 Å². The van der Waals surface area contributed by atoms with Crippen molar-refractivity contribution in [3.63, 3.8) is 0 Å². The number of aryl methyl sites for hydroxylation is 1. The molecule has 0 aliphatic rings. The summed E-state index contributed by atoms with van der Waals surface area (Å²) in [4.78, 5) is 0. The molecule has 0 aromatic heterocycles. The van der Waals surface area contributed by atoms with Gasteiger partial charge in [0, 0.05) is 22.3 Å². The Morgan fingerprint density at radius 1 is 1.06 bits per heavy atom. The molecule has 0 aliphatic carbocycles. The first-order valence-corrected chi connectivity index (χ1v) is 7.27. The highest BCUT2D eigenvalue weighted by atomic mass is 28.1. The Morgan fingerprint density at radius 2 is 1.56 bits per heavy atom. The summed E-state index contributed by atoms with van der Waals surface area (Å²) in [7, 11) is 1.19. The molecule has 0 unspecified atom stereocenters. The molecular weight excluding hydrogens is 210 g/mol. The molecule has 16 heavy (non-hydrogen) atoms. The third-order valence-electron chi connectivity index (χ3n) is 2.31. The average molecular weight is 237 g/mol. The van der Waals surface area contributed by atoms with Crippen LogP contribution in [0.25, 0.3) is 0 Å². The lowest BCUT2D eigenvalue weighted by Crippen LogP contribution is -2.29. The monoisotopic (exact) mass is 237 g/mol. The van der Waals surface area contributed by atoms with Crippen molar-refractivity contribution in [1.82, 2.24) is 5.32 Å². The largest absolute Gasteiger partial charge is 0.312 e. The van der Waals surface area contributed by atoms with Crippen molar-refractivity contribution in [2.45, 2.75) is 53.1 Å². The second-order valence-electron chi connectivity index (χ2n) is 4.76. The molecule has 1 rings (SSSR count). The third kappa shape index (κ3) is 7.66. The van der Waals surface area contributed by atoms with Gasteiger partial charge in [0.15, 0.2) is 0 Å². The summed E-state index contributed by atoms with van der Waals surface area (Å²) >= 11 is 0. The van der Waals surface area contributed by atoms with E-state index in [2.05, 4.69) is 64.2 Å². The third-order valence-corrected chi connectivity index (χ3v) is 3.28. The standard InChI is InChI=1S/C8H12Si.C6H15N/c1-2-7-5-3-4-6-8(7)9;1-5(2)7-6(3)4/h3-6H,2H2,1,9H3;5-7H,1-4H3. The Kier molecular flexibility index (Phi) is 8.22. The van der Waals surface area contributed by atoms with E-state index in [1.165, 1.54) is 22.2 Å². The van der Waals surface area contributed by atoms with Crippen LogP contribution >= 0.6 is 0 Å². The van der Waals surface area contributed by atoms with Gasteiger partial charge >= 0.3 is 0 Å². The van der Waals surface area contributed by atoms with Crippen LogP contribution in [-0.2, 0) is 6.42 Å². The number of nitrogens with one attached hydrogen (secondary N) is 1. The van der Waals surface area contributed by atoms with Gasteiger partial charge in [0.2, 0.25) is 0 Å². The molecule has 1 aromatic carbocycles. The Hall–Kier alpha value is -0.603. The van der Waals surface area contributed by atoms with Gasteiger partial charge in [0.05, 0.1) is 0 Å². The van der Waals surface area contributed by atoms with E-state index in [1.807, 2.05) is 0 Å². The Morgan fingerprint density at radius 3 is 1.81 bits per heavy atom. The van der Waals surface area contributed by atoms with Crippen LogP contribution in [0.1, 0.15) is 40.2 Å². The number of rotatable bonds is 3. The summed E-state index contributed by atoms with van der Waals surface area (Å²) in [6.45, 7) is 10.8. The quantitative estimate of drug-likeness (QED) is 0.788. The first-order valence-electron chi connectivity index (χ1n) is 6.27. The van der Waals surface area contributed by atoms with E-state index in [-0.39, 0.29) is 0 Å². The zero-order valence-corrected chi connectivity index (χ0v) is 13.7. The van der Waals surface area contributed by atoms with Crippen molar-refractivity contribution < 1.29 is 0 Å². The molecule has 0 bridgehead atoms. The van der Waals surface area contributed by atoms with Crippen molar-refractivity contribution in [2.24, 2.45) is 0 Å². The second-order valence-corrected chi connectivity index (χ2v) is 5.83. The second kappa shape index (κ2) is 8.54. The molecular formula is C14H27NSi. The van der Waals surface area contributed by atoms with Crippen molar-refractivity contribution in [1.29, 1.82) is 0 Å². The van der Waals surface area contributed by atoms with E-state index in [9.17, 15) is 0 Å². The molecule has 0 fully saturated rings. The zero-order valence-electron chi connectivity index (χ0n) is 11.7. The number of benzene rings is 1. The van der Waals surface area contributed by atoms with Crippen LogP contribution in [0.3, 0.4) is 0 Å². The molecule has 0 amide bonds. The minimum atomic E-state index is 0.625. The fourth-order valence-electron chi connectivity index (χ4n) is 1.67. The molecule has 1 nitrogen and oxygen atoms in total. The Bertz CT molecular complexity index is 276. The average Bonchev–Trinajstić information content (AvgIpc) is 2.17. The lowest BCUT2D eigenvalue weighted by Gasteiger charge is -2.10. The van der Waals surface area contributed by atoms with Gasteiger partial charge in [-0.05, 0) is 6.42 Å². The van der Waals surface area contributed by atoms with Crippen LogP contribution in [-0.4, -0.2) is 22.3 Å². The minimum Gasteiger partial charge on any atom is -0.312 e. The van der Waals surface area contributed by atoms with Crippen molar-refractivity contribution >= 4 is 15.4 Å². The predicted molar refractivity (Wildman–Crippen MR) is 78.8 cm³/mol. The van der Waals surface area contributed by atoms with Crippen molar-refractivity contribution in [3.8, 4) is 0 Å². The van der Waals surface area contributed by atoms with Crippen LogP contribution in [0, 0.1) is 0 Å². The highest BCUT2D eigenvalue weighted by Crippen LogP contribution is 1.93. The van der Waals surface area contributed by atoms with E-state index in [4.69, 9.17) is 0 Å². The van der Waals surface area contributed by atoms with Crippen LogP contribution in [0.2, 0.25) is 0 Å². The molecule has 0 spiro atoms. The first kappa shape index (κ1) is 15.4. The maximum Gasteiger partial charge on any atom is 0.0388 e.